The second kappa shape index (κ2) is 5.35. The number of nitrogens with zero attached hydrogens (tertiary/aromatic N) is 2. The maximum Gasteiger partial charge on any atom is 0.222 e. The molecule has 1 aromatic heterocycles. The normalized spacial score (nSPS) is 8.33. The fraction of sp³-hybridized carbons (Fsp3) is 0.500. The topological polar surface area (TPSA) is 46.9 Å². The molecule has 0 atom stereocenters. The van der Waals surface area contributed by atoms with Crippen LogP contribution in [0.2, 0.25) is 0 Å². The smallest absolute Gasteiger partial charge is 0.222 e. The van der Waals surface area contributed by atoms with Gasteiger partial charge in [-0.05, 0) is 0 Å². The maximum atomic E-state index is 10.5. The summed E-state index contributed by atoms with van der Waals surface area (Å²) < 4.78 is 1.63. The minimum absolute atomic E-state index is 0.0984. The van der Waals surface area contributed by atoms with Crippen LogP contribution < -0.4 is 5.32 Å². The molecule has 0 spiro atoms. The van der Waals surface area contributed by atoms with Crippen molar-refractivity contribution >= 4 is 11.7 Å². The Bertz CT molecular complexity index is 242. The van der Waals surface area contributed by atoms with E-state index in [0.717, 1.165) is 0 Å². The van der Waals surface area contributed by atoms with Gasteiger partial charge in [0.25, 0.3) is 0 Å². The van der Waals surface area contributed by atoms with Crippen LogP contribution in [0.5, 0.6) is 0 Å². The molecule has 68 valence electrons. The van der Waals surface area contributed by atoms with Gasteiger partial charge in [-0.25, -0.2) is 0 Å². The average Bonchev–Trinajstić information content (AvgIpc) is 2.39. The van der Waals surface area contributed by atoms with Gasteiger partial charge < -0.3 is 5.32 Å². The van der Waals surface area contributed by atoms with E-state index >= 15 is 0 Å². The first kappa shape index (κ1) is 10.7. The van der Waals surface area contributed by atoms with E-state index in [1.165, 1.54) is 6.92 Å². The zero-order valence-corrected chi connectivity index (χ0v) is 7.96. The first-order valence-corrected chi connectivity index (χ1v) is 3.96. The molecule has 0 fully saturated rings. The number of hydrogen-bond donors (Lipinski definition) is 1. The predicted molar refractivity (Wildman–Crippen MR) is 48.9 cm³/mol. The number of aromatic nitrogens is 2. The average molecular weight is 169 g/mol. The largest absolute Gasteiger partial charge is 0.309 e. The Morgan fingerprint density at radius 1 is 1.58 bits per heavy atom. The Morgan fingerprint density at radius 2 is 2.17 bits per heavy atom. The van der Waals surface area contributed by atoms with Crippen LogP contribution >= 0.6 is 0 Å². The van der Waals surface area contributed by atoms with E-state index in [1.54, 1.807) is 24.0 Å². The summed E-state index contributed by atoms with van der Waals surface area (Å²) in [4.78, 5) is 10.5. The molecule has 1 aromatic rings. The van der Waals surface area contributed by atoms with E-state index < -0.39 is 0 Å². The van der Waals surface area contributed by atoms with Crippen LogP contribution in [0.25, 0.3) is 0 Å². The van der Waals surface area contributed by atoms with E-state index in [1.807, 2.05) is 13.8 Å². The molecule has 0 radical (unpaired) electrons. The Hall–Kier alpha value is -1.32. The summed E-state index contributed by atoms with van der Waals surface area (Å²) in [5.74, 6) is 0.494. The number of anilines is 1. The number of rotatable bonds is 1. The Kier molecular flexibility index (Phi) is 4.76. The molecule has 12 heavy (non-hydrogen) atoms. The number of carbonyl (C=O) groups excluding carboxylic acids is 1. The molecule has 0 bridgehead atoms. The predicted octanol–water partition coefficient (Wildman–Crippen LogP) is 1.40. The Balaban J connectivity index is 0.000000561. The third kappa shape index (κ3) is 3.75. The second-order valence-corrected chi connectivity index (χ2v) is 2.06. The first-order valence-electron chi connectivity index (χ1n) is 3.96. The van der Waals surface area contributed by atoms with Gasteiger partial charge in [0.15, 0.2) is 5.82 Å². The van der Waals surface area contributed by atoms with E-state index in [9.17, 15) is 4.79 Å². The van der Waals surface area contributed by atoms with Crippen molar-refractivity contribution in [3.05, 3.63) is 12.3 Å². The van der Waals surface area contributed by atoms with Crippen molar-refractivity contribution in [3.8, 4) is 0 Å². The minimum atomic E-state index is -0.0984. The van der Waals surface area contributed by atoms with Gasteiger partial charge >= 0.3 is 0 Å². The van der Waals surface area contributed by atoms with Crippen LogP contribution in [0, 0.1) is 0 Å². The summed E-state index contributed by atoms with van der Waals surface area (Å²) in [5, 5.41) is 6.49. The third-order valence-electron chi connectivity index (χ3n) is 1.02. The molecular formula is C8H15N3O. The summed E-state index contributed by atoms with van der Waals surface area (Å²) in [7, 11) is 1.80. The lowest BCUT2D eigenvalue weighted by Crippen LogP contribution is -2.06. The summed E-state index contributed by atoms with van der Waals surface area (Å²) in [6.45, 7) is 5.45. The molecule has 0 aromatic carbocycles. The molecule has 1 rings (SSSR count). The fourth-order valence-corrected chi connectivity index (χ4v) is 0.662. The third-order valence-corrected chi connectivity index (χ3v) is 1.02. The van der Waals surface area contributed by atoms with Crippen LogP contribution in [0.15, 0.2) is 12.3 Å². The molecule has 0 aliphatic rings. The van der Waals surface area contributed by atoms with Gasteiger partial charge in [0.2, 0.25) is 5.91 Å². The lowest BCUT2D eigenvalue weighted by atomic mass is 10.6. The molecule has 1 heterocycles. The standard InChI is InChI=1S/C6H9N3O.C2H6/c1-5(10)7-6-3-4-9(2)8-6;1-2/h3-4H,1-2H3,(H,7,8,10);1-2H3. The quantitative estimate of drug-likeness (QED) is 0.690. The highest BCUT2D eigenvalue weighted by Gasteiger charge is 1.95. The Labute approximate surface area is 72.6 Å². The minimum Gasteiger partial charge on any atom is -0.309 e. The van der Waals surface area contributed by atoms with Gasteiger partial charge in [-0.2, -0.15) is 5.10 Å². The van der Waals surface area contributed by atoms with Crippen molar-refractivity contribution in [2.75, 3.05) is 5.32 Å². The number of nitrogens with one attached hydrogen (secondary N) is 1. The van der Waals surface area contributed by atoms with Crippen molar-refractivity contribution in [2.45, 2.75) is 20.8 Å². The first-order chi connectivity index (χ1) is 5.68. The van der Waals surface area contributed by atoms with Crippen LogP contribution in [0.3, 0.4) is 0 Å². The lowest BCUT2D eigenvalue weighted by Gasteiger charge is -1.92. The van der Waals surface area contributed by atoms with Gasteiger partial charge in [-0.3, -0.25) is 9.48 Å². The molecule has 0 unspecified atom stereocenters. The van der Waals surface area contributed by atoms with Gasteiger partial charge in [-0.15, -0.1) is 0 Å². The monoisotopic (exact) mass is 169 g/mol. The molecule has 4 heteroatoms. The fourth-order valence-electron chi connectivity index (χ4n) is 0.662. The van der Waals surface area contributed by atoms with Crippen molar-refractivity contribution in [3.63, 3.8) is 0 Å². The van der Waals surface area contributed by atoms with E-state index in [0.29, 0.717) is 5.82 Å². The highest BCUT2D eigenvalue weighted by Crippen LogP contribution is 1.99. The van der Waals surface area contributed by atoms with Crippen molar-refractivity contribution in [1.82, 2.24) is 9.78 Å². The van der Waals surface area contributed by atoms with Gasteiger partial charge in [-0.1, -0.05) is 13.8 Å². The van der Waals surface area contributed by atoms with Crippen LogP contribution in [-0.2, 0) is 11.8 Å². The van der Waals surface area contributed by atoms with Crippen LogP contribution in [0.1, 0.15) is 20.8 Å². The molecule has 4 nitrogen and oxygen atoms in total. The highest BCUT2D eigenvalue weighted by atomic mass is 16.1. The summed E-state index contributed by atoms with van der Waals surface area (Å²) in [5.41, 5.74) is 0. The molecule has 0 aliphatic heterocycles. The van der Waals surface area contributed by atoms with Crippen molar-refractivity contribution < 1.29 is 4.79 Å². The maximum absolute atomic E-state index is 10.5. The molecule has 0 aliphatic carbocycles. The Morgan fingerprint density at radius 3 is 2.50 bits per heavy atom. The highest BCUT2D eigenvalue weighted by molar-refractivity contribution is 5.87. The van der Waals surface area contributed by atoms with Gasteiger partial charge in [0, 0.05) is 26.2 Å². The SMILES string of the molecule is CC.CC(=O)Nc1ccn(C)n1. The summed E-state index contributed by atoms with van der Waals surface area (Å²) in [6, 6.07) is 1.74. The van der Waals surface area contributed by atoms with E-state index in [2.05, 4.69) is 10.4 Å². The summed E-state index contributed by atoms with van der Waals surface area (Å²) in [6.07, 6.45) is 1.77. The zero-order valence-electron chi connectivity index (χ0n) is 7.96. The van der Waals surface area contributed by atoms with Crippen LogP contribution in [0.4, 0.5) is 5.82 Å². The molecule has 0 saturated heterocycles. The number of hydrogen-bond acceptors (Lipinski definition) is 2. The number of aryl methyl sites for hydroxylation is 1. The van der Waals surface area contributed by atoms with Gasteiger partial charge in [0.05, 0.1) is 0 Å². The molecule has 1 amide bonds. The second-order valence-electron chi connectivity index (χ2n) is 2.06. The van der Waals surface area contributed by atoms with E-state index in [4.69, 9.17) is 0 Å². The van der Waals surface area contributed by atoms with Gasteiger partial charge in [0.1, 0.15) is 0 Å². The zero-order chi connectivity index (χ0) is 9.56. The molecular weight excluding hydrogens is 154 g/mol. The van der Waals surface area contributed by atoms with Crippen molar-refractivity contribution in [1.29, 1.82) is 0 Å². The molecule has 1 N–H and O–H groups in total. The van der Waals surface area contributed by atoms with Crippen molar-refractivity contribution in [2.24, 2.45) is 7.05 Å². The van der Waals surface area contributed by atoms with Crippen LogP contribution in [-0.4, -0.2) is 15.7 Å². The number of amides is 1. The number of carbonyl (C=O) groups is 1. The van der Waals surface area contributed by atoms with E-state index in [-0.39, 0.29) is 5.91 Å². The lowest BCUT2D eigenvalue weighted by molar-refractivity contribution is -0.114. The molecule has 0 saturated carbocycles. The summed E-state index contributed by atoms with van der Waals surface area (Å²) >= 11 is 0.